The van der Waals surface area contributed by atoms with E-state index in [-0.39, 0.29) is 12.2 Å². The van der Waals surface area contributed by atoms with Gasteiger partial charge in [-0.1, -0.05) is 29.8 Å². The van der Waals surface area contributed by atoms with Gasteiger partial charge in [-0.3, -0.25) is 20.0 Å². The van der Waals surface area contributed by atoms with Crippen LogP contribution in [0.3, 0.4) is 0 Å². The molecule has 5 nitrogen and oxygen atoms in total. The van der Waals surface area contributed by atoms with E-state index in [1.807, 2.05) is 30.3 Å². The molecular weight excluding hydrogens is 338 g/mol. The van der Waals surface area contributed by atoms with Crippen LogP contribution in [0.15, 0.2) is 58.3 Å². The number of aliphatic imine (C=N–C) groups is 1. The van der Waals surface area contributed by atoms with Crippen molar-refractivity contribution in [2.24, 2.45) is 4.99 Å². The van der Waals surface area contributed by atoms with Crippen LogP contribution in [-0.2, 0) is 6.61 Å². The Bertz CT molecular complexity index is 1030. The van der Waals surface area contributed by atoms with Gasteiger partial charge in [0.1, 0.15) is 12.4 Å². The summed E-state index contributed by atoms with van der Waals surface area (Å²) < 4.78 is 5.72. The summed E-state index contributed by atoms with van der Waals surface area (Å²) >= 11 is 5.87. The average Bonchev–Trinajstić information content (AvgIpc) is 3.20. The van der Waals surface area contributed by atoms with Gasteiger partial charge in [-0.05, 0) is 36.4 Å². The molecule has 4 rings (SSSR count). The quantitative estimate of drug-likeness (QED) is 0.739. The Kier molecular flexibility index (Phi) is 3.99. The van der Waals surface area contributed by atoms with Crippen molar-refractivity contribution in [3.63, 3.8) is 0 Å². The molecule has 0 atom stereocenters. The van der Waals surface area contributed by atoms with Crippen molar-refractivity contribution in [1.82, 2.24) is 10.2 Å². The molecule has 0 amide bonds. The number of allylic oxidation sites excluding steroid dienone is 1. The Morgan fingerprint density at radius 3 is 2.72 bits per heavy atom. The number of nitrogens with zero attached hydrogens (tertiary/aromatic N) is 1. The lowest BCUT2D eigenvalue weighted by Crippen LogP contribution is -2.04. The number of H-pyrrole nitrogens is 2. The van der Waals surface area contributed by atoms with Gasteiger partial charge < -0.3 is 4.74 Å². The molecule has 3 aromatic rings. The molecule has 0 saturated carbocycles. The number of hydrogen-bond donors (Lipinski definition) is 2. The highest BCUT2D eigenvalue weighted by molar-refractivity contribution is 6.30. The lowest BCUT2D eigenvalue weighted by molar-refractivity contribution is 0.301. The Balaban J connectivity index is 1.61. The largest absolute Gasteiger partial charge is 0.487 e. The van der Waals surface area contributed by atoms with Crippen molar-refractivity contribution in [2.45, 2.75) is 6.61 Å². The number of para-hydroxylation sites is 1. The van der Waals surface area contributed by atoms with Gasteiger partial charge in [0.25, 0.3) is 5.56 Å². The Morgan fingerprint density at radius 1 is 1.08 bits per heavy atom. The van der Waals surface area contributed by atoms with E-state index >= 15 is 0 Å². The third kappa shape index (κ3) is 3.14. The summed E-state index contributed by atoms with van der Waals surface area (Å²) in [6, 6.07) is 14.9. The van der Waals surface area contributed by atoms with Crippen molar-refractivity contribution in [3.05, 3.63) is 80.7 Å². The van der Waals surface area contributed by atoms with Crippen LogP contribution >= 0.6 is 11.6 Å². The molecule has 1 aromatic heterocycles. The second kappa shape index (κ2) is 6.45. The molecule has 0 spiro atoms. The monoisotopic (exact) mass is 351 g/mol. The van der Waals surface area contributed by atoms with E-state index in [0.717, 1.165) is 16.8 Å². The van der Waals surface area contributed by atoms with Crippen molar-refractivity contribution < 1.29 is 4.74 Å². The molecule has 25 heavy (non-hydrogen) atoms. The molecule has 1 aliphatic rings. The lowest BCUT2D eigenvalue weighted by atomic mass is 10.0. The van der Waals surface area contributed by atoms with Gasteiger partial charge in [0.2, 0.25) is 0 Å². The molecule has 0 fully saturated rings. The summed E-state index contributed by atoms with van der Waals surface area (Å²) in [7, 11) is 0. The van der Waals surface area contributed by atoms with Crippen molar-refractivity contribution in [2.75, 3.05) is 0 Å². The SMILES string of the molecule is O=c1[nH][nH]c(COc2ccc(Cl)cc2)c1C=C1C=Nc2ccccc21. The van der Waals surface area contributed by atoms with E-state index in [2.05, 4.69) is 15.2 Å². The summed E-state index contributed by atoms with van der Waals surface area (Å²) in [5.74, 6) is 0.679. The van der Waals surface area contributed by atoms with Gasteiger partial charge in [-0.2, -0.15) is 0 Å². The van der Waals surface area contributed by atoms with Crippen LogP contribution in [0.2, 0.25) is 5.02 Å². The van der Waals surface area contributed by atoms with E-state index in [1.54, 1.807) is 30.5 Å². The summed E-state index contributed by atoms with van der Waals surface area (Å²) in [6.45, 7) is 0.234. The predicted octanol–water partition coefficient (Wildman–Crippen LogP) is 4.19. The molecule has 0 unspecified atom stereocenters. The third-order valence-electron chi connectivity index (χ3n) is 3.95. The number of rotatable bonds is 4. The van der Waals surface area contributed by atoms with Crippen LogP contribution in [0.1, 0.15) is 16.8 Å². The molecule has 2 heterocycles. The lowest BCUT2D eigenvalue weighted by Gasteiger charge is -2.05. The number of ether oxygens (including phenoxy) is 1. The maximum absolute atomic E-state index is 12.1. The fourth-order valence-electron chi connectivity index (χ4n) is 2.67. The van der Waals surface area contributed by atoms with Crippen molar-refractivity contribution in [3.8, 4) is 5.75 Å². The highest BCUT2D eigenvalue weighted by atomic mass is 35.5. The third-order valence-corrected chi connectivity index (χ3v) is 4.20. The first-order valence-corrected chi connectivity index (χ1v) is 8.11. The van der Waals surface area contributed by atoms with Crippen molar-refractivity contribution in [1.29, 1.82) is 0 Å². The maximum Gasteiger partial charge on any atom is 0.271 e. The zero-order valence-electron chi connectivity index (χ0n) is 13.1. The molecule has 0 aliphatic carbocycles. The normalized spacial score (nSPS) is 14.0. The maximum atomic E-state index is 12.1. The first kappa shape index (κ1) is 15.5. The minimum atomic E-state index is -0.194. The Morgan fingerprint density at radius 2 is 1.88 bits per heavy atom. The fourth-order valence-corrected chi connectivity index (χ4v) is 2.79. The zero-order chi connectivity index (χ0) is 17.2. The van der Waals surface area contributed by atoms with E-state index < -0.39 is 0 Å². The highest BCUT2D eigenvalue weighted by Crippen LogP contribution is 2.32. The minimum absolute atomic E-state index is 0.194. The summed E-state index contributed by atoms with van der Waals surface area (Å²) in [5, 5.41) is 6.13. The molecule has 2 aromatic carbocycles. The topological polar surface area (TPSA) is 70.2 Å². The number of benzene rings is 2. The average molecular weight is 352 g/mol. The van der Waals surface area contributed by atoms with Gasteiger partial charge in [-0.15, -0.1) is 0 Å². The summed E-state index contributed by atoms with van der Waals surface area (Å²) in [5.41, 5.74) is 3.82. The molecule has 0 radical (unpaired) electrons. The molecule has 124 valence electrons. The molecule has 1 aliphatic heterocycles. The van der Waals surface area contributed by atoms with Crippen LogP contribution in [0, 0.1) is 0 Å². The molecule has 2 N–H and O–H groups in total. The second-order valence-corrected chi connectivity index (χ2v) is 6.03. The van der Waals surface area contributed by atoms with E-state index in [0.29, 0.717) is 22.0 Å². The molecule has 0 bridgehead atoms. The second-order valence-electron chi connectivity index (χ2n) is 5.59. The van der Waals surface area contributed by atoms with Crippen LogP contribution in [0.5, 0.6) is 5.75 Å². The van der Waals surface area contributed by atoms with Crippen molar-refractivity contribution >= 4 is 35.2 Å². The van der Waals surface area contributed by atoms with E-state index in [4.69, 9.17) is 16.3 Å². The van der Waals surface area contributed by atoms with Crippen LogP contribution in [0.25, 0.3) is 11.6 Å². The first-order chi connectivity index (χ1) is 12.2. The number of fused-ring (bicyclic) bond motifs is 1. The van der Waals surface area contributed by atoms with Gasteiger partial charge in [0, 0.05) is 22.4 Å². The highest BCUT2D eigenvalue weighted by Gasteiger charge is 2.14. The smallest absolute Gasteiger partial charge is 0.271 e. The Hall–Kier alpha value is -3.05. The van der Waals surface area contributed by atoms with Gasteiger partial charge in [0.05, 0.1) is 16.9 Å². The molecular formula is C19H14ClN3O2. The summed E-state index contributed by atoms with van der Waals surface area (Å²) in [6.07, 6.45) is 3.59. The molecule has 6 heteroatoms. The van der Waals surface area contributed by atoms with Crippen LogP contribution in [0.4, 0.5) is 5.69 Å². The fraction of sp³-hybridized carbons (Fsp3) is 0.0526. The van der Waals surface area contributed by atoms with Gasteiger partial charge in [0.15, 0.2) is 0 Å². The Labute approximate surface area is 148 Å². The molecule has 0 saturated heterocycles. The zero-order valence-corrected chi connectivity index (χ0v) is 13.9. The number of aromatic nitrogens is 2. The minimum Gasteiger partial charge on any atom is -0.487 e. The predicted molar refractivity (Wildman–Crippen MR) is 99.7 cm³/mol. The van der Waals surface area contributed by atoms with E-state index in [9.17, 15) is 4.79 Å². The van der Waals surface area contributed by atoms with E-state index in [1.165, 1.54) is 0 Å². The first-order valence-electron chi connectivity index (χ1n) is 7.74. The van der Waals surface area contributed by atoms with Crippen LogP contribution < -0.4 is 10.3 Å². The number of halogens is 1. The van der Waals surface area contributed by atoms with Gasteiger partial charge >= 0.3 is 0 Å². The summed E-state index contributed by atoms with van der Waals surface area (Å²) in [4.78, 5) is 16.5. The standard InChI is InChI=1S/C19H14ClN3O2/c20-13-5-7-14(8-6-13)25-11-18-16(19(24)23-22-18)9-12-10-21-17-4-2-1-3-15(12)17/h1-10H,11H2,(H2,22,23,24). The van der Waals surface area contributed by atoms with Crippen LogP contribution in [-0.4, -0.2) is 16.4 Å². The number of hydrogen-bond acceptors (Lipinski definition) is 3. The van der Waals surface area contributed by atoms with Gasteiger partial charge in [-0.25, -0.2) is 0 Å². The number of nitrogens with one attached hydrogen (secondary N) is 2. The number of aromatic amines is 2.